The number of rotatable bonds is 1. The standard InChI is InChI=1S/C9H18O/c1-4-9-8(3)5-7(2)6-10-9/h7-9H,4-6H2,1-3H3. The van der Waals surface area contributed by atoms with E-state index in [1.807, 2.05) is 0 Å². The van der Waals surface area contributed by atoms with Gasteiger partial charge in [0.05, 0.1) is 6.10 Å². The third-order valence-electron chi connectivity index (χ3n) is 2.41. The van der Waals surface area contributed by atoms with Gasteiger partial charge in [-0.3, -0.25) is 0 Å². The molecule has 1 saturated heterocycles. The highest BCUT2D eigenvalue weighted by molar-refractivity contribution is 4.72. The van der Waals surface area contributed by atoms with Gasteiger partial charge < -0.3 is 4.74 Å². The average Bonchev–Trinajstić information content (AvgIpc) is 1.88. The van der Waals surface area contributed by atoms with Crippen LogP contribution in [0.3, 0.4) is 0 Å². The summed E-state index contributed by atoms with van der Waals surface area (Å²) in [5.41, 5.74) is 0. The summed E-state index contributed by atoms with van der Waals surface area (Å²) in [7, 11) is 0. The SMILES string of the molecule is CCC1OCC(C)CC1C. The van der Waals surface area contributed by atoms with Gasteiger partial charge in [0.1, 0.15) is 0 Å². The molecule has 1 heteroatoms. The zero-order valence-corrected chi connectivity index (χ0v) is 7.26. The Labute approximate surface area is 63.8 Å². The maximum atomic E-state index is 5.65. The molecule has 10 heavy (non-hydrogen) atoms. The Morgan fingerprint density at radius 3 is 2.60 bits per heavy atom. The van der Waals surface area contributed by atoms with Crippen LogP contribution in [-0.2, 0) is 4.74 Å². The van der Waals surface area contributed by atoms with Crippen molar-refractivity contribution in [1.29, 1.82) is 0 Å². The van der Waals surface area contributed by atoms with Gasteiger partial charge in [0.2, 0.25) is 0 Å². The third kappa shape index (κ3) is 1.72. The molecule has 1 aliphatic heterocycles. The van der Waals surface area contributed by atoms with Crippen molar-refractivity contribution >= 4 is 0 Å². The Hall–Kier alpha value is -0.0400. The molecule has 0 aliphatic carbocycles. The van der Waals surface area contributed by atoms with Gasteiger partial charge in [0, 0.05) is 6.61 Å². The van der Waals surface area contributed by atoms with E-state index < -0.39 is 0 Å². The maximum absolute atomic E-state index is 5.65. The van der Waals surface area contributed by atoms with Crippen LogP contribution in [0.25, 0.3) is 0 Å². The van der Waals surface area contributed by atoms with E-state index in [0.29, 0.717) is 6.10 Å². The molecule has 0 aromatic heterocycles. The summed E-state index contributed by atoms with van der Waals surface area (Å²) in [6, 6.07) is 0. The number of ether oxygens (including phenoxy) is 1. The summed E-state index contributed by atoms with van der Waals surface area (Å²) in [6.07, 6.45) is 3.06. The molecule has 1 aliphatic rings. The molecule has 1 nitrogen and oxygen atoms in total. The molecule has 0 amide bonds. The van der Waals surface area contributed by atoms with Crippen molar-refractivity contribution in [2.45, 2.75) is 39.7 Å². The molecule has 0 N–H and O–H groups in total. The highest BCUT2D eigenvalue weighted by Gasteiger charge is 2.23. The second kappa shape index (κ2) is 3.38. The zero-order chi connectivity index (χ0) is 7.56. The monoisotopic (exact) mass is 142 g/mol. The smallest absolute Gasteiger partial charge is 0.0598 e. The van der Waals surface area contributed by atoms with Gasteiger partial charge in [-0.15, -0.1) is 0 Å². The van der Waals surface area contributed by atoms with Crippen LogP contribution in [0.1, 0.15) is 33.6 Å². The van der Waals surface area contributed by atoms with Crippen molar-refractivity contribution < 1.29 is 4.74 Å². The van der Waals surface area contributed by atoms with Crippen molar-refractivity contribution in [1.82, 2.24) is 0 Å². The molecule has 0 spiro atoms. The molecule has 1 rings (SSSR count). The quantitative estimate of drug-likeness (QED) is 0.546. The average molecular weight is 142 g/mol. The molecular formula is C9H18O. The lowest BCUT2D eigenvalue weighted by atomic mass is 9.89. The van der Waals surface area contributed by atoms with E-state index in [0.717, 1.165) is 18.4 Å². The zero-order valence-electron chi connectivity index (χ0n) is 7.26. The Morgan fingerprint density at radius 2 is 2.10 bits per heavy atom. The first-order chi connectivity index (χ1) is 4.74. The van der Waals surface area contributed by atoms with Crippen LogP contribution in [0.2, 0.25) is 0 Å². The summed E-state index contributed by atoms with van der Waals surface area (Å²) in [4.78, 5) is 0. The van der Waals surface area contributed by atoms with Gasteiger partial charge in [0.15, 0.2) is 0 Å². The van der Waals surface area contributed by atoms with E-state index in [4.69, 9.17) is 4.74 Å². The van der Waals surface area contributed by atoms with Crippen LogP contribution >= 0.6 is 0 Å². The van der Waals surface area contributed by atoms with Gasteiger partial charge in [-0.05, 0) is 24.7 Å². The lowest BCUT2D eigenvalue weighted by Crippen LogP contribution is -2.31. The van der Waals surface area contributed by atoms with Crippen LogP contribution in [0.4, 0.5) is 0 Å². The number of hydrogen-bond acceptors (Lipinski definition) is 1. The highest BCUT2D eigenvalue weighted by Crippen LogP contribution is 2.25. The number of hydrogen-bond donors (Lipinski definition) is 0. The van der Waals surface area contributed by atoms with Crippen molar-refractivity contribution in [3.8, 4) is 0 Å². The topological polar surface area (TPSA) is 9.23 Å². The fourth-order valence-electron chi connectivity index (χ4n) is 1.83. The van der Waals surface area contributed by atoms with Crippen LogP contribution in [0, 0.1) is 11.8 Å². The van der Waals surface area contributed by atoms with E-state index in [1.54, 1.807) is 0 Å². The summed E-state index contributed by atoms with van der Waals surface area (Å²) in [6.45, 7) is 7.74. The van der Waals surface area contributed by atoms with E-state index in [1.165, 1.54) is 12.8 Å². The molecular weight excluding hydrogens is 124 g/mol. The van der Waals surface area contributed by atoms with Gasteiger partial charge in [-0.2, -0.15) is 0 Å². The maximum Gasteiger partial charge on any atom is 0.0598 e. The van der Waals surface area contributed by atoms with Crippen molar-refractivity contribution in [2.75, 3.05) is 6.61 Å². The Bertz CT molecular complexity index is 101. The van der Waals surface area contributed by atoms with E-state index in [9.17, 15) is 0 Å². The van der Waals surface area contributed by atoms with Crippen LogP contribution in [0.15, 0.2) is 0 Å². The molecule has 0 aromatic carbocycles. The molecule has 60 valence electrons. The van der Waals surface area contributed by atoms with Crippen molar-refractivity contribution in [2.24, 2.45) is 11.8 Å². The molecule has 0 bridgehead atoms. The van der Waals surface area contributed by atoms with E-state index in [2.05, 4.69) is 20.8 Å². The van der Waals surface area contributed by atoms with Crippen LogP contribution < -0.4 is 0 Å². The Morgan fingerprint density at radius 1 is 1.40 bits per heavy atom. The van der Waals surface area contributed by atoms with Gasteiger partial charge in [-0.25, -0.2) is 0 Å². The molecule has 1 heterocycles. The molecule has 0 saturated carbocycles. The predicted molar refractivity (Wildman–Crippen MR) is 43.0 cm³/mol. The minimum Gasteiger partial charge on any atom is -0.378 e. The lowest BCUT2D eigenvalue weighted by molar-refractivity contribution is -0.0474. The van der Waals surface area contributed by atoms with Crippen molar-refractivity contribution in [3.63, 3.8) is 0 Å². The van der Waals surface area contributed by atoms with Gasteiger partial charge >= 0.3 is 0 Å². The first-order valence-electron chi connectivity index (χ1n) is 4.35. The minimum absolute atomic E-state index is 0.538. The molecule has 3 atom stereocenters. The first-order valence-corrected chi connectivity index (χ1v) is 4.35. The Kier molecular flexibility index (Phi) is 2.72. The largest absolute Gasteiger partial charge is 0.378 e. The lowest BCUT2D eigenvalue weighted by Gasteiger charge is -2.32. The third-order valence-corrected chi connectivity index (χ3v) is 2.41. The molecule has 1 fully saturated rings. The molecule has 3 unspecified atom stereocenters. The normalized spacial score (nSPS) is 41.7. The van der Waals surface area contributed by atoms with Crippen molar-refractivity contribution in [3.05, 3.63) is 0 Å². The second-order valence-corrected chi connectivity index (χ2v) is 3.60. The van der Waals surface area contributed by atoms with Gasteiger partial charge in [0.25, 0.3) is 0 Å². The fraction of sp³-hybridized carbons (Fsp3) is 1.00. The minimum atomic E-state index is 0.538. The first kappa shape index (κ1) is 8.06. The van der Waals surface area contributed by atoms with Crippen LogP contribution in [0.5, 0.6) is 0 Å². The van der Waals surface area contributed by atoms with Gasteiger partial charge in [-0.1, -0.05) is 20.8 Å². The predicted octanol–water partition coefficient (Wildman–Crippen LogP) is 2.46. The highest BCUT2D eigenvalue weighted by atomic mass is 16.5. The molecule has 0 radical (unpaired) electrons. The van der Waals surface area contributed by atoms with E-state index in [-0.39, 0.29) is 0 Å². The summed E-state index contributed by atoms with van der Waals surface area (Å²) >= 11 is 0. The van der Waals surface area contributed by atoms with E-state index >= 15 is 0 Å². The molecule has 0 aromatic rings. The van der Waals surface area contributed by atoms with Crippen LogP contribution in [-0.4, -0.2) is 12.7 Å². The summed E-state index contributed by atoms with van der Waals surface area (Å²) in [5, 5.41) is 0. The summed E-state index contributed by atoms with van der Waals surface area (Å²) < 4.78 is 5.65. The summed E-state index contributed by atoms with van der Waals surface area (Å²) in [5.74, 6) is 1.55. The second-order valence-electron chi connectivity index (χ2n) is 3.60. The fourth-order valence-corrected chi connectivity index (χ4v) is 1.83. The Balaban J connectivity index is 2.36.